The van der Waals surface area contributed by atoms with Gasteiger partial charge in [-0.15, -0.1) is 11.3 Å². The summed E-state index contributed by atoms with van der Waals surface area (Å²) in [7, 11) is 0. The molecule has 3 nitrogen and oxygen atoms in total. The van der Waals surface area contributed by atoms with Crippen LogP contribution in [-0.2, 0) is 0 Å². The second-order valence-corrected chi connectivity index (χ2v) is 5.38. The van der Waals surface area contributed by atoms with Crippen LogP contribution < -0.4 is 11.1 Å². The van der Waals surface area contributed by atoms with Crippen molar-refractivity contribution in [1.29, 1.82) is 0 Å². The number of piperidine rings is 1. The second-order valence-electron chi connectivity index (χ2n) is 4.43. The SMILES string of the molecule is NCCN1CCC(CNc2cccs2)CC1. The van der Waals surface area contributed by atoms with E-state index in [4.69, 9.17) is 5.73 Å². The quantitative estimate of drug-likeness (QED) is 0.823. The summed E-state index contributed by atoms with van der Waals surface area (Å²) in [5.74, 6) is 0.830. The highest BCUT2D eigenvalue weighted by Gasteiger charge is 2.18. The smallest absolute Gasteiger partial charge is 0.0882 e. The van der Waals surface area contributed by atoms with E-state index >= 15 is 0 Å². The van der Waals surface area contributed by atoms with Gasteiger partial charge in [0.1, 0.15) is 0 Å². The van der Waals surface area contributed by atoms with Gasteiger partial charge in [-0.25, -0.2) is 0 Å². The van der Waals surface area contributed by atoms with Crippen molar-refractivity contribution in [2.45, 2.75) is 12.8 Å². The van der Waals surface area contributed by atoms with Crippen molar-refractivity contribution in [3.8, 4) is 0 Å². The molecule has 2 rings (SSSR count). The van der Waals surface area contributed by atoms with Crippen LogP contribution in [0.5, 0.6) is 0 Å². The van der Waals surface area contributed by atoms with Crippen molar-refractivity contribution in [2.24, 2.45) is 11.7 Å². The van der Waals surface area contributed by atoms with E-state index < -0.39 is 0 Å². The van der Waals surface area contributed by atoms with Crippen molar-refractivity contribution in [3.63, 3.8) is 0 Å². The number of hydrogen-bond donors (Lipinski definition) is 2. The Labute approximate surface area is 102 Å². The Morgan fingerprint density at radius 1 is 1.44 bits per heavy atom. The molecular weight excluding hydrogens is 218 g/mol. The Hall–Kier alpha value is -0.580. The molecule has 0 radical (unpaired) electrons. The minimum Gasteiger partial charge on any atom is -0.377 e. The van der Waals surface area contributed by atoms with Crippen molar-refractivity contribution in [3.05, 3.63) is 17.5 Å². The highest BCUT2D eigenvalue weighted by atomic mass is 32.1. The van der Waals surface area contributed by atoms with Gasteiger partial charge in [-0.05, 0) is 49.4 Å². The first-order valence-corrected chi connectivity index (χ1v) is 6.96. The van der Waals surface area contributed by atoms with Crippen LogP contribution in [0.2, 0.25) is 0 Å². The Kier molecular flexibility index (Phi) is 4.63. The molecule has 0 saturated carbocycles. The van der Waals surface area contributed by atoms with E-state index in [1.54, 1.807) is 11.3 Å². The van der Waals surface area contributed by atoms with Crippen LogP contribution in [0.1, 0.15) is 12.8 Å². The van der Waals surface area contributed by atoms with Gasteiger partial charge in [-0.1, -0.05) is 0 Å². The summed E-state index contributed by atoms with van der Waals surface area (Å²) < 4.78 is 0. The van der Waals surface area contributed by atoms with Crippen LogP contribution in [0.4, 0.5) is 5.00 Å². The monoisotopic (exact) mass is 239 g/mol. The topological polar surface area (TPSA) is 41.3 Å². The van der Waals surface area contributed by atoms with Crippen molar-refractivity contribution < 1.29 is 0 Å². The molecule has 4 heteroatoms. The van der Waals surface area contributed by atoms with E-state index in [-0.39, 0.29) is 0 Å². The van der Waals surface area contributed by atoms with Gasteiger partial charge >= 0.3 is 0 Å². The van der Waals surface area contributed by atoms with Crippen molar-refractivity contribution in [1.82, 2.24) is 4.90 Å². The minimum atomic E-state index is 0.790. The molecule has 1 saturated heterocycles. The minimum absolute atomic E-state index is 0.790. The third kappa shape index (κ3) is 3.47. The zero-order valence-electron chi connectivity index (χ0n) is 9.69. The fourth-order valence-electron chi connectivity index (χ4n) is 2.22. The van der Waals surface area contributed by atoms with Gasteiger partial charge in [0.25, 0.3) is 0 Å². The molecule has 0 atom stereocenters. The lowest BCUT2D eigenvalue weighted by Gasteiger charge is -2.31. The summed E-state index contributed by atoms with van der Waals surface area (Å²) in [5.41, 5.74) is 5.56. The first-order valence-electron chi connectivity index (χ1n) is 6.08. The Bertz CT molecular complexity index is 278. The number of anilines is 1. The predicted molar refractivity (Wildman–Crippen MR) is 71.0 cm³/mol. The average Bonchev–Trinajstić information content (AvgIpc) is 2.82. The van der Waals surface area contributed by atoms with E-state index in [1.165, 1.54) is 30.9 Å². The average molecular weight is 239 g/mol. The molecule has 16 heavy (non-hydrogen) atoms. The molecule has 1 fully saturated rings. The Morgan fingerprint density at radius 3 is 2.88 bits per heavy atom. The normalized spacial score (nSPS) is 18.8. The summed E-state index contributed by atoms with van der Waals surface area (Å²) in [6.45, 7) is 5.40. The number of nitrogens with zero attached hydrogens (tertiary/aromatic N) is 1. The van der Waals surface area contributed by atoms with Gasteiger partial charge in [0.2, 0.25) is 0 Å². The molecule has 0 spiro atoms. The molecule has 3 N–H and O–H groups in total. The van der Waals surface area contributed by atoms with Crippen LogP contribution in [-0.4, -0.2) is 37.6 Å². The van der Waals surface area contributed by atoms with Gasteiger partial charge in [-0.2, -0.15) is 0 Å². The maximum Gasteiger partial charge on any atom is 0.0882 e. The molecule has 1 aromatic heterocycles. The Morgan fingerprint density at radius 2 is 2.25 bits per heavy atom. The highest BCUT2D eigenvalue weighted by Crippen LogP contribution is 2.20. The Balaban J connectivity index is 1.65. The number of nitrogens with two attached hydrogens (primary N) is 1. The molecule has 1 aliphatic rings. The number of likely N-dealkylation sites (tertiary alicyclic amines) is 1. The summed E-state index contributed by atoms with van der Waals surface area (Å²) in [6.07, 6.45) is 2.61. The lowest BCUT2D eigenvalue weighted by Crippen LogP contribution is -2.38. The molecule has 1 aromatic rings. The fraction of sp³-hybridized carbons (Fsp3) is 0.667. The molecule has 0 bridgehead atoms. The number of rotatable bonds is 5. The molecule has 2 heterocycles. The second kappa shape index (κ2) is 6.23. The lowest BCUT2D eigenvalue weighted by atomic mass is 9.97. The number of nitrogens with one attached hydrogen (secondary N) is 1. The third-order valence-electron chi connectivity index (χ3n) is 3.24. The summed E-state index contributed by atoms with van der Waals surface area (Å²) in [6, 6.07) is 4.24. The van der Waals surface area contributed by atoms with Crippen LogP contribution in [0.3, 0.4) is 0 Å². The van der Waals surface area contributed by atoms with E-state index in [0.717, 1.165) is 25.6 Å². The zero-order valence-corrected chi connectivity index (χ0v) is 10.5. The first-order chi connectivity index (χ1) is 7.88. The van der Waals surface area contributed by atoms with Crippen LogP contribution in [0.25, 0.3) is 0 Å². The maximum absolute atomic E-state index is 5.56. The van der Waals surface area contributed by atoms with Gasteiger partial charge in [0, 0.05) is 19.6 Å². The van der Waals surface area contributed by atoms with E-state index in [2.05, 4.69) is 27.7 Å². The fourth-order valence-corrected chi connectivity index (χ4v) is 2.85. The van der Waals surface area contributed by atoms with Crippen LogP contribution in [0, 0.1) is 5.92 Å². The molecule has 90 valence electrons. The molecular formula is C12H21N3S. The van der Waals surface area contributed by atoms with E-state index in [0.29, 0.717) is 0 Å². The van der Waals surface area contributed by atoms with E-state index in [9.17, 15) is 0 Å². The van der Waals surface area contributed by atoms with E-state index in [1.807, 2.05) is 0 Å². The summed E-state index contributed by atoms with van der Waals surface area (Å²) in [5, 5.41) is 6.93. The van der Waals surface area contributed by atoms with Crippen molar-refractivity contribution in [2.75, 3.05) is 38.0 Å². The van der Waals surface area contributed by atoms with Gasteiger partial charge in [-0.3, -0.25) is 0 Å². The van der Waals surface area contributed by atoms with Gasteiger partial charge in [0.05, 0.1) is 5.00 Å². The molecule has 0 amide bonds. The van der Waals surface area contributed by atoms with Gasteiger partial charge < -0.3 is 16.0 Å². The molecule has 0 unspecified atom stereocenters. The summed E-state index contributed by atoms with van der Waals surface area (Å²) >= 11 is 1.78. The first kappa shape index (κ1) is 11.9. The lowest BCUT2D eigenvalue weighted by molar-refractivity contribution is 0.194. The largest absolute Gasteiger partial charge is 0.377 e. The van der Waals surface area contributed by atoms with Crippen molar-refractivity contribution >= 4 is 16.3 Å². The van der Waals surface area contributed by atoms with Crippen LogP contribution in [0.15, 0.2) is 17.5 Å². The molecule has 0 aliphatic carbocycles. The van der Waals surface area contributed by atoms with Gasteiger partial charge in [0.15, 0.2) is 0 Å². The van der Waals surface area contributed by atoms with Crippen LogP contribution >= 0.6 is 11.3 Å². The third-order valence-corrected chi connectivity index (χ3v) is 4.07. The molecule has 1 aliphatic heterocycles. The maximum atomic E-state index is 5.56. The standard InChI is InChI=1S/C12H21N3S/c13-5-8-15-6-3-11(4-7-15)10-14-12-2-1-9-16-12/h1-2,9,11,14H,3-8,10,13H2. The summed E-state index contributed by atoms with van der Waals surface area (Å²) in [4.78, 5) is 2.47. The molecule has 0 aromatic carbocycles. The zero-order chi connectivity index (χ0) is 11.2. The predicted octanol–water partition coefficient (Wildman–Crippen LogP) is 1.83. The highest BCUT2D eigenvalue weighted by molar-refractivity contribution is 7.14. The number of thiophene rings is 1. The number of hydrogen-bond acceptors (Lipinski definition) is 4.